The largest absolute Gasteiger partial charge is 0.379 e. The van der Waals surface area contributed by atoms with Crippen LogP contribution in [0.2, 0.25) is 0 Å². The Labute approximate surface area is 120 Å². The van der Waals surface area contributed by atoms with Gasteiger partial charge in [-0.25, -0.2) is 8.78 Å². The molecule has 0 aliphatic rings. The number of nitrogens with one attached hydrogen (secondary N) is 1. The summed E-state index contributed by atoms with van der Waals surface area (Å²) in [5.41, 5.74) is 0.334. The Bertz CT molecular complexity index is 385. The highest BCUT2D eigenvalue weighted by Crippen LogP contribution is 2.19. The second-order valence-corrected chi connectivity index (χ2v) is 4.89. The van der Waals surface area contributed by atoms with Gasteiger partial charge in [-0.15, -0.1) is 0 Å². The summed E-state index contributed by atoms with van der Waals surface area (Å²) < 4.78 is 32.6. The lowest BCUT2D eigenvalue weighted by Crippen LogP contribution is -2.26. The lowest BCUT2D eigenvalue weighted by atomic mass is 10.1. The molecule has 0 saturated carbocycles. The Kier molecular flexibility index (Phi) is 8.38. The summed E-state index contributed by atoms with van der Waals surface area (Å²) in [6.07, 6.45) is 4.56. The van der Waals surface area contributed by atoms with E-state index in [2.05, 4.69) is 12.2 Å². The summed E-state index contributed by atoms with van der Waals surface area (Å²) in [6.45, 7) is 5.80. The number of rotatable bonds is 10. The van der Waals surface area contributed by atoms with Crippen molar-refractivity contribution in [2.24, 2.45) is 0 Å². The Morgan fingerprint density at radius 3 is 2.65 bits per heavy atom. The van der Waals surface area contributed by atoms with Crippen molar-refractivity contribution in [1.82, 2.24) is 5.32 Å². The van der Waals surface area contributed by atoms with Gasteiger partial charge >= 0.3 is 0 Å². The Hall–Kier alpha value is -1.00. The highest BCUT2D eigenvalue weighted by Gasteiger charge is 2.17. The maximum absolute atomic E-state index is 13.8. The minimum Gasteiger partial charge on any atom is -0.379 e. The lowest BCUT2D eigenvalue weighted by molar-refractivity contribution is 0.107. The molecule has 1 atom stereocenters. The minimum absolute atomic E-state index is 0.304. The van der Waals surface area contributed by atoms with Gasteiger partial charge in [-0.1, -0.05) is 45.2 Å². The molecule has 1 aromatic carbocycles. The van der Waals surface area contributed by atoms with E-state index in [0.717, 1.165) is 18.9 Å². The first kappa shape index (κ1) is 17.1. The van der Waals surface area contributed by atoms with E-state index in [-0.39, 0.29) is 6.04 Å². The van der Waals surface area contributed by atoms with Gasteiger partial charge in [0.25, 0.3) is 0 Å². The van der Waals surface area contributed by atoms with Crippen molar-refractivity contribution in [2.45, 2.75) is 45.6 Å². The van der Waals surface area contributed by atoms with E-state index in [9.17, 15) is 8.78 Å². The third kappa shape index (κ3) is 5.55. The Morgan fingerprint density at radius 1 is 1.15 bits per heavy atom. The predicted octanol–water partition coefficient (Wildman–Crippen LogP) is 4.21. The third-order valence-corrected chi connectivity index (χ3v) is 3.23. The zero-order valence-electron chi connectivity index (χ0n) is 12.4. The van der Waals surface area contributed by atoms with Gasteiger partial charge in [0.15, 0.2) is 11.6 Å². The van der Waals surface area contributed by atoms with Crippen LogP contribution in [0.4, 0.5) is 8.78 Å². The molecule has 0 amide bonds. The number of ether oxygens (including phenoxy) is 1. The molecule has 4 heteroatoms. The summed E-state index contributed by atoms with van der Waals surface area (Å²) in [6, 6.07) is 3.96. The maximum atomic E-state index is 13.8. The molecule has 1 unspecified atom stereocenters. The summed E-state index contributed by atoms with van der Waals surface area (Å²) in [5.74, 6) is -1.60. The quantitative estimate of drug-likeness (QED) is 0.650. The molecule has 0 fully saturated rings. The first-order valence-corrected chi connectivity index (χ1v) is 7.45. The van der Waals surface area contributed by atoms with E-state index in [1.807, 2.05) is 6.92 Å². The second kappa shape index (κ2) is 9.83. The fourth-order valence-corrected chi connectivity index (χ4v) is 2.13. The number of halogens is 2. The normalized spacial score (nSPS) is 12.6. The number of unbranched alkanes of at least 4 members (excludes halogenated alkanes) is 3. The van der Waals surface area contributed by atoms with Crippen molar-refractivity contribution in [3.63, 3.8) is 0 Å². The van der Waals surface area contributed by atoms with Crippen LogP contribution in [-0.2, 0) is 4.74 Å². The van der Waals surface area contributed by atoms with Crippen molar-refractivity contribution in [1.29, 1.82) is 0 Å². The van der Waals surface area contributed by atoms with E-state index in [1.54, 1.807) is 6.07 Å². The number of likely N-dealkylation sites (N-methyl/N-ethyl adjacent to an activating group) is 1. The van der Waals surface area contributed by atoms with Gasteiger partial charge in [0.1, 0.15) is 0 Å². The van der Waals surface area contributed by atoms with Gasteiger partial charge in [-0.3, -0.25) is 0 Å². The molecule has 0 heterocycles. The highest BCUT2D eigenvalue weighted by atomic mass is 19.2. The molecule has 0 spiro atoms. The van der Waals surface area contributed by atoms with Crippen LogP contribution in [0.25, 0.3) is 0 Å². The molecule has 114 valence electrons. The molecule has 20 heavy (non-hydrogen) atoms. The number of hydrogen-bond acceptors (Lipinski definition) is 2. The predicted molar refractivity (Wildman–Crippen MR) is 77.7 cm³/mol. The van der Waals surface area contributed by atoms with Crippen LogP contribution < -0.4 is 5.32 Å². The third-order valence-electron chi connectivity index (χ3n) is 3.23. The molecule has 2 nitrogen and oxygen atoms in total. The monoisotopic (exact) mass is 285 g/mol. The summed E-state index contributed by atoms with van der Waals surface area (Å²) >= 11 is 0. The van der Waals surface area contributed by atoms with E-state index in [0.29, 0.717) is 25.3 Å². The minimum atomic E-state index is -0.812. The van der Waals surface area contributed by atoms with Gasteiger partial charge in [0.05, 0.1) is 12.6 Å². The number of hydrogen-bond donors (Lipinski definition) is 1. The molecule has 0 aliphatic heterocycles. The molecule has 1 N–H and O–H groups in total. The first-order valence-electron chi connectivity index (χ1n) is 7.45. The zero-order chi connectivity index (χ0) is 14.8. The summed E-state index contributed by atoms with van der Waals surface area (Å²) in [7, 11) is 0. The zero-order valence-corrected chi connectivity index (χ0v) is 12.4. The van der Waals surface area contributed by atoms with Crippen molar-refractivity contribution in [3.8, 4) is 0 Å². The second-order valence-electron chi connectivity index (χ2n) is 4.89. The van der Waals surface area contributed by atoms with Gasteiger partial charge in [-0.2, -0.15) is 0 Å². The average molecular weight is 285 g/mol. The van der Waals surface area contributed by atoms with Crippen LogP contribution in [0.5, 0.6) is 0 Å². The van der Waals surface area contributed by atoms with E-state index >= 15 is 0 Å². The van der Waals surface area contributed by atoms with Crippen LogP contribution in [0.1, 0.15) is 51.1 Å². The summed E-state index contributed by atoms with van der Waals surface area (Å²) in [5, 5.41) is 3.14. The molecular weight excluding hydrogens is 260 g/mol. The van der Waals surface area contributed by atoms with Crippen LogP contribution >= 0.6 is 0 Å². The smallest absolute Gasteiger partial charge is 0.163 e. The van der Waals surface area contributed by atoms with E-state index < -0.39 is 11.6 Å². The van der Waals surface area contributed by atoms with Crippen LogP contribution in [0.3, 0.4) is 0 Å². The average Bonchev–Trinajstić information content (AvgIpc) is 2.45. The van der Waals surface area contributed by atoms with Crippen LogP contribution in [0, 0.1) is 11.6 Å². The lowest BCUT2D eigenvalue weighted by Gasteiger charge is -2.19. The van der Waals surface area contributed by atoms with E-state index in [4.69, 9.17) is 4.74 Å². The molecule has 0 aliphatic carbocycles. The van der Waals surface area contributed by atoms with Gasteiger partial charge in [0, 0.05) is 12.2 Å². The molecule has 0 radical (unpaired) electrons. The Morgan fingerprint density at radius 2 is 1.95 bits per heavy atom. The van der Waals surface area contributed by atoms with Crippen LogP contribution in [0.15, 0.2) is 18.2 Å². The first-order chi connectivity index (χ1) is 9.70. The van der Waals surface area contributed by atoms with Crippen molar-refractivity contribution in [3.05, 3.63) is 35.4 Å². The van der Waals surface area contributed by atoms with Crippen molar-refractivity contribution >= 4 is 0 Å². The van der Waals surface area contributed by atoms with Crippen molar-refractivity contribution in [2.75, 3.05) is 19.8 Å². The summed E-state index contributed by atoms with van der Waals surface area (Å²) in [4.78, 5) is 0. The van der Waals surface area contributed by atoms with Gasteiger partial charge in [0.2, 0.25) is 0 Å². The number of benzene rings is 1. The molecule has 0 bridgehead atoms. The molecular formula is C16H25F2NO. The molecule has 1 rings (SSSR count). The molecule has 0 saturated heterocycles. The fraction of sp³-hybridized carbons (Fsp3) is 0.625. The van der Waals surface area contributed by atoms with E-state index in [1.165, 1.54) is 18.9 Å². The maximum Gasteiger partial charge on any atom is 0.163 e. The topological polar surface area (TPSA) is 21.3 Å². The Balaban J connectivity index is 2.49. The van der Waals surface area contributed by atoms with Gasteiger partial charge in [-0.05, 0) is 19.0 Å². The molecule has 1 aromatic rings. The SMILES string of the molecule is CCCCCCOCC(NCC)c1cccc(F)c1F. The fourth-order valence-electron chi connectivity index (χ4n) is 2.13. The molecule has 0 aromatic heterocycles. The highest BCUT2D eigenvalue weighted by molar-refractivity contribution is 5.22. The van der Waals surface area contributed by atoms with Gasteiger partial charge < -0.3 is 10.1 Å². The van der Waals surface area contributed by atoms with Crippen LogP contribution in [-0.4, -0.2) is 19.8 Å². The standard InChI is InChI=1S/C16H25F2NO/c1-3-5-6-7-11-20-12-15(19-4-2)13-9-8-10-14(17)16(13)18/h8-10,15,19H,3-7,11-12H2,1-2H3. The van der Waals surface area contributed by atoms with Crippen molar-refractivity contribution < 1.29 is 13.5 Å².